The number of carbonyl (C=O) groups is 1. The second-order valence-corrected chi connectivity index (χ2v) is 6.37. The Kier molecular flexibility index (Phi) is 4.98. The molecule has 5 heteroatoms. The molecule has 0 atom stereocenters. The summed E-state index contributed by atoms with van der Waals surface area (Å²) in [5.74, 6) is 0.929. The first-order chi connectivity index (χ1) is 12.4. The normalized spacial score (nSPS) is 10.6. The van der Waals surface area contributed by atoms with E-state index < -0.39 is 0 Å². The third-order valence-electron chi connectivity index (χ3n) is 4.02. The van der Waals surface area contributed by atoms with Crippen LogP contribution in [0.2, 0.25) is 0 Å². The quantitative estimate of drug-likeness (QED) is 0.698. The minimum absolute atomic E-state index is 0.105. The number of carbonyl (C=O) groups excluding carboxylic acids is 1. The molecule has 26 heavy (non-hydrogen) atoms. The second kappa shape index (κ2) is 7.35. The molecule has 2 aromatic carbocycles. The van der Waals surface area contributed by atoms with Crippen molar-refractivity contribution in [3.8, 4) is 22.6 Å². The summed E-state index contributed by atoms with van der Waals surface area (Å²) in [6, 6.07) is 13.6. The van der Waals surface area contributed by atoms with Crippen molar-refractivity contribution < 1.29 is 9.21 Å². The molecule has 0 bridgehead atoms. The van der Waals surface area contributed by atoms with E-state index in [1.807, 2.05) is 56.3 Å². The summed E-state index contributed by atoms with van der Waals surface area (Å²) in [5.41, 5.74) is 5.62. The Morgan fingerprint density at radius 3 is 2.38 bits per heavy atom. The van der Waals surface area contributed by atoms with Gasteiger partial charge in [-0.05, 0) is 54.8 Å². The van der Waals surface area contributed by atoms with Crippen molar-refractivity contribution in [3.05, 3.63) is 71.6 Å². The van der Waals surface area contributed by atoms with E-state index >= 15 is 0 Å². The fourth-order valence-electron chi connectivity index (χ4n) is 2.61. The monoisotopic (exact) mass is 347 g/mol. The number of hydrogen-bond donors (Lipinski definition) is 1. The van der Waals surface area contributed by atoms with Gasteiger partial charge in [0.2, 0.25) is 11.8 Å². The van der Waals surface area contributed by atoms with Crippen LogP contribution in [0, 0.1) is 13.8 Å². The minimum atomic E-state index is -0.105. The van der Waals surface area contributed by atoms with E-state index in [0.29, 0.717) is 23.9 Å². The van der Waals surface area contributed by atoms with Crippen LogP contribution in [0.15, 0.2) is 59.0 Å². The first kappa shape index (κ1) is 17.6. The average Bonchev–Trinajstić information content (AvgIpc) is 3.06. The molecule has 0 saturated heterocycles. The lowest BCUT2D eigenvalue weighted by molar-refractivity contribution is 0.0957. The molecule has 1 aromatic heterocycles. The Hall–Kier alpha value is -3.21. The summed E-state index contributed by atoms with van der Waals surface area (Å²) in [6.45, 7) is 9.96. The highest BCUT2D eigenvalue weighted by Crippen LogP contribution is 2.29. The van der Waals surface area contributed by atoms with Crippen LogP contribution in [-0.2, 0) is 0 Å². The third kappa shape index (κ3) is 3.88. The molecule has 0 fully saturated rings. The summed E-state index contributed by atoms with van der Waals surface area (Å²) in [4.78, 5) is 12.1. The van der Waals surface area contributed by atoms with Gasteiger partial charge in [0.05, 0.1) is 0 Å². The van der Waals surface area contributed by atoms with Crippen LogP contribution in [0.25, 0.3) is 22.6 Å². The highest BCUT2D eigenvalue weighted by Gasteiger charge is 2.11. The predicted octanol–water partition coefficient (Wildman–Crippen LogP) is 4.33. The van der Waals surface area contributed by atoms with Crippen LogP contribution >= 0.6 is 0 Å². The number of nitrogens with zero attached hydrogens (tertiary/aromatic N) is 2. The van der Waals surface area contributed by atoms with E-state index in [-0.39, 0.29) is 5.91 Å². The van der Waals surface area contributed by atoms with Crippen LogP contribution in [0.4, 0.5) is 0 Å². The van der Waals surface area contributed by atoms with E-state index in [4.69, 9.17) is 4.42 Å². The number of nitrogens with one attached hydrogen (secondary N) is 1. The van der Waals surface area contributed by atoms with Gasteiger partial charge in [0.1, 0.15) is 0 Å². The van der Waals surface area contributed by atoms with Crippen molar-refractivity contribution in [2.75, 3.05) is 6.54 Å². The largest absolute Gasteiger partial charge is 0.421 e. The smallest absolute Gasteiger partial charge is 0.251 e. The van der Waals surface area contributed by atoms with Crippen LogP contribution in [0.1, 0.15) is 28.7 Å². The van der Waals surface area contributed by atoms with E-state index in [1.165, 1.54) is 0 Å². The molecule has 0 aliphatic carbocycles. The maximum atomic E-state index is 12.1. The molecule has 0 aliphatic heterocycles. The lowest BCUT2D eigenvalue weighted by Gasteiger charge is -2.09. The zero-order valence-electron chi connectivity index (χ0n) is 15.2. The molecule has 0 spiro atoms. The van der Waals surface area contributed by atoms with Crippen LogP contribution < -0.4 is 5.32 Å². The molecule has 3 aromatic rings. The molecule has 1 amide bonds. The van der Waals surface area contributed by atoms with Gasteiger partial charge in [-0.1, -0.05) is 30.4 Å². The first-order valence-electron chi connectivity index (χ1n) is 8.38. The fraction of sp³-hybridized carbons (Fsp3) is 0.190. The third-order valence-corrected chi connectivity index (χ3v) is 4.02. The molecular formula is C21H21N3O2. The molecule has 132 valence electrons. The summed E-state index contributed by atoms with van der Waals surface area (Å²) in [5, 5.41) is 10.8. The fourth-order valence-corrected chi connectivity index (χ4v) is 2.61. The van der Waals surface area contributed by atoms with E-state index in [1.54, 1.807) is 6.92 Å². The molecule has 0 radical (unpaired) electrons. The van der Waals surface area contributed by atoms with E-state index in [9.17, 15) is 4.79 Å². The van der Waals surface area contributed by atoms with Crippen LogP contribution in [0.3, 0.4) is 0 Å². The van der Waals surface area contributed by atoms with Gasteiger partial charge < -0.3 is 9.73 Å². The molecule has 3 rings (SSSR count). The predicted molar refractivity (Wildman–Crippen MR) is 102 cm³/mol. The summed E-state index contributed by atoms with van der Waals surface area (Å²) < 4.78 is 5.51. The standard InChI is InChI=1S/C21H21N3O2/c1-13(2)12-22-20(25)17-9-7-16(8-10-17)19-11-18(6-5-14(19)3)21-24-23-15(4)26-21/h5-11H,1,12H2,2-4H3,(H,22,25). The second-order valence-electron chi connectivity index (χ2n) is 6.37. The molecule has 0 saturated carbocycles. The van der Waals surface area contributed by atoms with Crippen molar-refractivity contribution in [2.24, 2.45) is 0 Å². The number of amides is 1. The van der Waals surface area contributed by atoms with Gasteiger partial charge in [0.15, 0.2) is 0 Å². The molecule has 1 N–H and O–H groups in total. The number of benzene rings is 2. The van der Waals surface area contributed by atoms with Crippen LogP contribution in [0.5, 0.6) is 0 Å². The minimum Gasteiger partial charge on any atom is -0.421 e. The van der Waals surface area contributed by atoms with E-state index in [0.717, 1.165) is 27.8 Å². The summed E-state index contributed by atoms with van der Waals surface area (Å²) in [7, 11) is 0. The van der Waals surface area contributed by atoms with E-state index in [2.05, 4.69) is 22.1 Å². The SMILES string of the molecule is C=C(C)CNC(=O)c1ccc(-c2cc(-c3nnc(C)o3)ccc2C)cc1. The molecule has 0 unspecified atom stereocenters. The van der Waals surface area contributed by atoms with Crippen molar-refractivity contribution in [1.29, 1.82) is 0 Å². The lowest BCUT2D eigenvalue weighted by Crippen LogP contribution is -2.24. The summed E-state index contributed by atoms with van der Waals surface area (Å²) >= 11 is 0. The van der Waals surface area contributed by atoms with Gasteiger partial charge in [0.25, 0.3) is 5.91 Å². The van der Waals surface area contributed by atoms with Crippen molar-refractivity contribution in [2.45, 2.75) is 20.8 Å². The maximum Gasteiger partial charge on any atom is 0.251 e. The lowest BCUT2D eigenvalue weighted by atomic mass is 9.97. The van der Waals surface area contributed by atoms with Gasteiger partial charge >= 0.3 is 0 Å². The topological polar surface area (TPSA) is 68.0 Å². The highest BCUT2D eigenvalue weighted by molar-refractivity contribution is 5.94. The number of hydrogen-bond acceptors (Lipinski definition) is 4. The van der Waals surface area contributed by atoms with Gasteiger partial charge in [-0.3, -0.25) is 4.79 Å². The Bertz CT molecular complexity index is 956. The van der Waals surface area contributed by atoms with Gasteiger partial charge in [-0.25, -0.2) is 0 Å². The Labute approximate surface area is 152 Å². The van der Waals surface area contributed by atoms with Gasteiger partial charge in [-0.15, -0.1) is 10.2 Å². The zero-order chi connectivity index (χ0) is 18.7. The van der Waals surface area contributed by atoms with Gasteiger partial charge in [0, 0.05) is 24.6 Å². The Morgan fingerprint density at radius 2 is 1.77 bits per heavy atom. The number of rotatable bonds is 5. The molecule has 0 aliphatic rings. The maximum absolute atomic E-state index is 12.1. The molecule has 5 nitrogen and oxygen atoms in total. The summed E-state index contributed by atoms with van der Waals surface area (Å²) in [6.07, 6.45) is 0. The van der Waals surface area contributed by atoms with Crippen molar-refractivity contribution in [1.82, 2.24) is 15.5 Å². The van der Waals surface area contributed by atoms with Crippen molar-refractivity contribution >= 4 is 5.91 Å². The number of aromatic nitrogens is 2. The zero-order valence-corrected chi connectivity index (χ0v) is 15.2. The average molecular weight is 347 g/mol. The van der Waals surface area contributed by atoms with Crippen molar-refractivity contribution in [3.63, 3.8) is 0 Å². The first-order valence-corrected chi connectivity index (χ1v) is 8.38. The Balaban J connectivity index is 1.87. The highest BCUT2D eigenvalue weighted by atomic mass is 16.4. The van der Waals surface area contributed by atoms with Crippen LogP contribution in [-0.4, -0.2) is 22.6 Å². The Morgan fingerprint density at radius 1 is 1.08 bits per heavy atom. The molecular weight excluding hydrogens is 326 g/mol. The van der Waals surface area contributed by atoms with Gasteiger partial charge in [-0.2, -0.15) is 0 Å². The number of aryl methyl sites for hydroxylation is 2. The molecule has 1 heterocycles.